The van der Waals surface area contributed by atoms with Crippen molar-refractivity contribution in [3.8, 4) is 0 Å². The maximum atomic E-state index is 12.1. The average molecular weight is 344 g/mol. The predicted octanol–water partition coefficient (Wildman–Crippen LogP) is -0.405. The van der Waals surface area contributed by atoms with Crippen LogP contribution < -0.4 is 21.5 Å². The summed E-state index contributed by atoms with van der Waals surface area (Å²) in [4.78, 5) is 30.6. The van der Waals surface area contributed by atoms with Crippen molar-refractivity contribution in [2.45, 2.75) is 38.4 Å². The third kappa shape index (κ3) is 2.80. The minimum Gasteiger partial charge on any atom is -0.356 e. The lowest BCUT2D eigenvalue weighted by Gasteiger charge is -2.21. The molecule has 1 fully saturated rings. The van der Waals surface area contributed by atoms with Crippen LogP contribution in [0.1, 0.15) is 24.4 Å². The summed E-state index contributed by atoms with van der Waals surface area (Å²) in [6.07, 6.45) is 5.22. The SMILES string of the molecule is Cn1c(N2CC[C@H](NCc3cnc4n3CCC4)C2)cc(=O)n(C)c1=O. The van der Waals surface area contributed by atoms with Crippen LogP contribution in [0.4, 0.5) is 5.82 Å². The first-order chi connectivity index (χ1) is 12.0. The molecular formula is C17H24N6O2. The molecule has 0 aromatic carbocycles. The van der Waals surface area contributed by atoms with Gasteiger partial charge in [-0.2, -0.15) is 0 Å². The van der Waals surface area contributed by atoms with Crippen LogP contribution in [0.3, 0.4) is 0 Å². The third-order valence-electron chi connectivity index (χ3n) is 5.39. The molecule has 0 bridgehead atoms. The second-order valence-electron chi connectivity index (χ2n) is 6.97. The van der Waals surface area contributed by atoms with Crippen molar-refractivity contribution in [3.05, 3.63) is 44.6 Å². The van der Waals surface area contributed by atoms with Crippen LogP contribution in [0, 0.1) is 0 Å². The average Bonchev–Trinajstić information content (AvgIpc) is 3.31. The summed E-state index contributed by atoms with van der Waals surface area (Å²) in [6.45, 7) is 3.50. The Morgan fingerprint density at radius 1 is 1.24 bits per heavy atom. The molecule has 1 N–H and O–H groups in total. The van der Waals surface area contributed by atoms with E-state index in [1.807, 2.05) is 6.20 Å². The molecule has 0 unspecified atom stereocenters. The molecule has 25 heavy (non-hydrogen) atoms. The molecular weight excluding hydrogens is 320 g/mol. The van der Waals surface area contributed by atoms with Crippen LogP contribution in [0.25, 0.3) is 0 Å². The molecule has 4 heterocycles. The molecule has 0 spiro atoms. The number of rotatable bonds is 4. The Morgan fingerprint density at radius 3 is 2.92 bits per heavy atom. The fourth-order valence-electron chi connectivity index (χ4n) is 3.87. The molecule has 0 radical (unpaired) electrons. The van der Waals surface area contributed by atoms with Crippen molar-refractivity contribution in [3.63, 3.8) is 0 Å². The van der Waals surface area contributed by atoms with Crippen LogP contribution >= 0.6 is 0 Å². The number of imidazole rings is 1. The van der Waals surface area contributed by atoms with Gasteiger partial charge in [-0.1, -0.05) is 0 Å². The minimum absolute atomic E-state index is 0.260. The number of nitrogens with one attached hydrogen (secondary N) is 1. The van der Waals surface area contributed by atoms with Crippen molar-refractivity contribution < 1.29 is 0 Å². The Balaban J connectivity index is 1.43. The minimum atomic E-state index is -0.284. The molecule has 2 aromatic rings. The molecule has 8 heteroatoms. The molecule has 0 aliphatic carbocycles. The number of hydrogen-bond donors (Lipinski definition) is 1. The normalized spacial score (nSPS) is 19.6. The summed E-state index contributed by atoms with van der Waals surface area (Å²) in [5.41, 5.74) is 0.699. The molecule has 0 amide bonds. The number of fused-ring (bicyclic) bond motifs is 1. The van der Waals surface area contributed by atoms with Crippen molar-refractivity contribution >= 4 is 5.82 Å². The van der Waals surface area contributed by atoms with Gasteiger partial charge >= 0.3 is 5.69 Å². The molecule has 2 aliphatic rings. The van der Waals surface area contributed by atoms with Gasteiger partial charge in [-0.3, -0.25) is 13.9 Å². The van der Waals surface area contributed by atoms with E-state index in [4.69, 9.17) is 0 Å². The highest BCUT2D eigenvalue weighted by Crippen LogP contribution is 2.19. The van der Waals surface area contributed by atoms with Gasteiger partial charge in [-0.15, -0.1) is 0 Å². The Bertz CT molecular complexity index is 909. The van der Waals surface area contributed by atoms with Crippen molar-refractivity contribution in [2.24, 2.45) is 14.1 Å². The summed E-state index contributed by atoms with van der Waals surface area (Å²) >= 11 is 0. The molecule has 0 saturated carbocycles. The van der Waals surface area contributed by atoms with Crippen LogP contribution in [0.2, 0.25) is 0 Å². The largest absolute Gasteiger partial charge is 0.356 e. The molecule has 8 nitrogen and oxygen atoms in total. The van der Waals surface area contributed by atoms with E-state index in [2.05, 4.69) is 19.8 Å². The predicted molar refractivity (Wildman–Crippen MR) is 94.9 cm³/mol. The zero-order chi connectivity index (χ0) is 17.6. The van der Waals surface area contributed by atoms with Gasteiger partial charge in [0, 0.05) is 65.0 Å². The van der Waals surface area contributed by atoms with E-state index in [0.29, 0.717) is 11.9 Å². The lowest BCUT2D eigenvalue weighted by molar-refractivity contribution is 0.531. The van der Waals surface area contributed by atoms with Crippen molar-refractivity contribution in [1.29, 1.82) is 0 Å². The second kappa shape index (κ2) is 6.18. The first-order valence-corrected chi connectivity index (χ1v) is 8.83. The van der Waals surface area contributed by atoms with Crippen LogP contribution in [0.5, 0.6) is 0 Å². The summed E-state index contributed by atoms with van der Waals surface area (Å²) < 4.78 is 4.99. The summed E-state index contributed by atoms with van der Waals surface area (Å²) in [5.74, 6) is 1.89. The maximum absolute atomic E-state index is 12.1. The van der Waals surface area contributed by atoms with E-state index < -0.39 is 0 Å². The number of anilines is 1. The molecule has 1 atom stereocenters. The van der Waals surface area contributed by atoms with Crippen molar-refractivity contribution in [2.75, 3.05) is 18.0 Å². The van der Waals surface area contributed by atoms with Crippen LogP contribution in [0.15, 0.2) is 21.9 Å². The van der Waals surface area contributed by atoms with Gasteiger partial charge in [-0.25, -0.2) is 9.78 Å². The quantitative estimate of drug-likeness (QED) is 0.816. The number of nitrogens with zero attached hydrogens (tertiary/aromatic N) is 5. The number of aryl methyl sites for hydroxylation is 1. The molecule has 2 aliphatic heterocycles. The molecule has 4 rings (SSSR count). The standard InChI is InChI=1S/C17H24N6O2/c1-20-15(8-16(24)21(2)17(20)25)22-7-5-12(11-22)18-9-13-10-19-14-4-3-6-23(13)14/h8,10,12,18H,3-7,9,11H2,1-2H3/t12-/m0/s1. The molecule has 134 valence electrons. The zero-order valence-electron chi connectivity index (χ0n) is 14.7. The molecule has 1 saturated heterocycles. The smallest absolute Gasteiger partial charge is 0.332 e. The zero-order valence-corrected chi connectivity index (χ0v) is 14.7. The van der Waals surface area contributed by atoms with E-state index in [9.17, 15) is 9.59 Å². The van der Waals surface area contributed by atoms with Gasteiger partial charge < -0.3 is 14.8 Å². The highest BCUT2D eigenvalue weighted by atomic mass is 16.2. The lowest BCUT2D eigenvalue weighted by Crippen LogP contribution is -2.40. The van der Waals surface area contributed by atoms with Gasteiger partial charge in [-0.05, 0) is 12.8 Å². The van der Waals surface area contributed by atoms with E-state index in [1.54, 1.807) is 17.7 Å². The Hall–Kier alpha value is -2.35. The lowest BCUT2D eigenvalue weighted by atomic mass is 10.2. The monoisotopic (exact) mass is 344 g/mol. The van der Waals surface area contributed by atoms with Crippen LogP contribution in [-0.2, 0) is 33.6 Å². The van der Waals surface area contributed by atoms with E-state index in [-0.39, 0.29) is 11.2 Å². The number of aromatic nitrogens is 4. The Labute approximate surface area is 145 Å². The first-order valence-electron chi connectivity index (χ1n) is 8.83. The fourth-order valence-corrected chi connectivity index (χ4v) is 3.87. The van der Waals surface area contributed by atoms with E-state index in [0.717, 1.165) is 43.6 Å². The highest BCUT2D eigenvalue weighted by molar-refractivity contribution is 5.40. The summed E-state index contributed by atoms with van der Waals surface area (Å²) in [7, 11) is 3.22. The van der Waals surface area contributed by atoms with Crippen LogP contribution in [-0.4, -0.2) is 37.8 Å². The topological polar surface area (TPSA) is 77.1 Å². The van der Waals surface area contributed by atoms with Gasteiger partial charge in [0.1, 0.15) is 11.6 Å². The second-order valence-corrected chi connectivity index (χ2v) is 6.97. The van der Waals surface area contributed by atoms with E-state index >= 15 is 0 Å². The van der Waals surface area contributed by atoms with E-state index in [1.165, 1.54) is 25.0 Å². The number of hydrogen-bond acceptors (Lipinski definition) is 5. The Morgan fingerprint density at radius 2 is 2.08 bits per heavy atom. The fraction of sp³-hybridized carbons (Fsp3) is 0.588. The first kappa shape index (κ1) is 16.1. The molecule has 2 aromatic heterocycles. The van der Waals surface area contributed by atoms with Gasteiger partial charge in [0.15, 0.2) is 0 Å². The Kier molecular flexibility index (Phi) is 3.99. The van der Waals surface area contributed by atoms with Gasteiger partial charge in [0.05, 0.1) is 5.69 Å². The maximum Gasteiger partial charge on any atom is 0.332 e. The highest BCUT2D eigenvalue weighted by Gasteiger charge is 2.25. The third-order valence-corrected chi connectivity index (χ3v) is 5.39. The summed E-state index contributed by atoms with van der Waals surface area (Å²) in [5, 5.41) is 3.60. The van der Waals surface area contributed by atoms with Gasteiger partial charge in [0.25, 0.3) is 5.56 Å². The summed E-state index contributed by atoms with van der Waals surface area (Å²) in [6, 6.07) is 1.89. The van der Waals surface area contributed by atoms with Crippen molar-refractivity contribution in [1.82, 2.24) is 24.0 Å². The van der Waals surface area contributed by atoms with Gasteiger partial charge in [0.2, 0.25) is 0 Å².